The third-order valence-corrected chi connectivity index (χ3v) is 6.85. The molecule has 1 aromatic heterocycles. The molecule has 142 valence electrons. The standard InChI is InChI=1S/C20H30N4OS/c1-3-7-23-8-10-24(11-9-23)14-19(25)22-20-17(13-21)16-6-5-15(4-2)12-18(16)26-20/h15H,3-12,14H2,1-2H3,(H,22,25). The van der Waals surface area contributed by atoms with Gasteiger partial charge in [0.05, 0.1) is 12.1 Å². The van der Waals surface area contributed by atoms with E-state index in [1.807, 2.05) is 0 Å². The van der Waals surface area contributed by atoms with Gasteiger partial charge in [-0.25, -0.2) is 0 Å². The van der Waals surface area contributed by atoms with Crippen LogP contribution in [0.1, 0.15) is 49.1 Å². The van der Waals surface area contributed by atoms with Crippen LogP contribution in [-0.2, 0) is 17.6 Å². The molecule has 2 aliphatic rings. The summed E-state index contributed by atoms with van der Waals surface area (Å²) in [6.45, 7) is 9.96. The lowest BCUT2D eigenvalue weighted by atomic mass is 9.86. The van der Waals surface area contributed by atoms with Gasteiger partial charge in [0.25, 0.3) is 0 Å². The number of piperazine rings is 1. The molecule has 26 heavy (non-hydrogen) atoms. The van der Waals surface area contributed by atoms with Crippen molar-refractivity contribution in [3.8, 4) is 6.07 Å². The average Bonchev–Trinajstić information content (AvgIpc) is 2.99. The van der Waals surface area contributed by atoms with Gasteiger partial charge in [-0.05, 0) is 43.7 Å². The summed E-state index contributed by atoms with van der Waals surface area (Å²) >= 11 is 1.62. The number of nitrogens with zero attached hydrogens (tertiary/aromatic N) is 3. The molecule has 2 heterocycles. The second-order valence-electron chi connectivity index (χ2n) is 7.50. The lowest BCUT2D eigenvalue weighted by Gasteiger charge is -2.34. The number of amides is 1. The predicted molar refractivity (Wildman–Crippen MR) is 107 cm³/mol. The fourth-order valence-electron chi connectivity index (χ4n) is 4.07. The Morgan fingerprint density at radius 2 is 2.00 bits per heavy atom. The number of hydrogen-bond acceptors (Lipinski definition) is 5. The first-order chi connectivity index (χ1) is 12.6. The summed E-state index contributed by atoms with van der Waals surface area (Å²) < 4.78 is 0. The lowest BCUT2D eigenvalue weighted by Crippen LogP contribution is -2.48. The van der Waals surface area contributed by atoms with Crippen molar-refractivity contribution in [2.45, 2.75) is 46.0 Å². The molecule has 1 saturated heterocycles. The highest BCUT2D eigenvalue weighted by Gasteiger charge is 2.26. The van der Waals surface area contributed by atoms with Crippen LogP contribution in [0.5, 0.6) is 0 Å². The molecule has 1 amide bonds. The molecule has 3 rings (SSSR count). The van der Waals surface area contributed by atoms with E-state index in [1.54, 1.807) is 11.3 Å². The molecule has 1 fully saturated rings. The third kappa shape index (κ3) is 4.46. The maximum Gasteiger partial charge on any atom is 0.239 e. The second-order valence-corrected chi connectivity index (χ2v) is 8.61. The molecule has 6 heteroatoms. The SMILES string of the molecule is CCCN1CCN(CC(=O)Nc2sc3c(c2C#N)CCC(CC)C3)CC1. The Bertz CT molecular complexity index is 670. The van der Waals surface area contributed by atoms with E-state index in [9.17, 15) is 10.1 Å². The minimum Gasteiger partial charge on any atom is -0.315 e. The van der Waals surface area contributed by atoms with E-state index in [0.29, 0.717) is 12.1 Å². The first kappa shape index (κ1) is 19.3. The van der Waals surface area contributed by atoms with Crippen LogP contribution in [0.3, 0.4) is 0 Å². The molecule has 1 aliphatic carbocycles. The van der Waals surface area contributed by atoms with Gasteiger partial charge in [-0.15, -0.1) is 11.3 Å². The molecule has 1 N–H and O–H groups in total. The number of nitrogens with one attached hydrogen (secondary N) is 1. The van der Waals surface area contributed by atoms with Crippen LogP contribution in [0, 0.1) is 17.2 Å². The molecule has 1 unspecified atom stereocenters. The molecule has 1 aromatic rings. The normalized spacial score (nSPS) is 21.2. The molecule has 1 aliphatic heterocycles. The fourth-order valence-corrected chi connectivity index (χ4v) is 5.39. The van der Waals surface area contributed by atoms with Gasteiger partial charge in [-0.1, -0.05) is 20.3 Å². The zero-order valence-electron chi connectivity index (χ0n) is 16.0. The van der Waals surface area contributed by atoms with E-state index in [4.69, 9.17) is 0 Å². The lowest BCUT2D eigenvalue weighted by molar-refractivity contribution is -0.117. The van der Waals surface area contributed by atoms with Gasteiger partial charge in [-0.3, -0.25) is 9.69 Å². The Labute approximate surface area is 161 Å². The largest absolute Gasteiger partial charge is 0.315 e. The van der Waals surface area contributed by atoms with Crippen molar-refractivity contribution in [1.29, 1.82) is 5.26 Å². The molecule has 1 atom stereocenters. The van der Waals surface area contributed by atoms with Crippen LogP contribution < -0.4 is 5.32 Å². The highest BCUT2D eigenvalue weighted by atomic mass is 32.1. The summed E-state index contributed by atoms with van der Waals surface area (Å²) in [5.74, 6) is 0.728. The third-order valence-electron chi connectivity index (χ3n) is 5.68. The topological polar surface area (TPSA) is 59.4 Å². The Morgan fingerprint density at radius 1 is 1.27 bits per heavy atom. The number of hydrogen-bond donors (Lipinski definition) is 1. The van der Waals surface area contributed by atoms with Gasteiger partial charge >= 0.3 is 0 Å². The molecule has 0 bridgehead atoms. The first-order valence-electron chi connectivity index (χ1n) is 9.93. The minimum atomic E-state index is 0.0103. The van der Waals surface area contributed by atoms with E-state index in [0.717, 1.165) is 62.9 Å². The van der Waals surface area contributed by atoms with E-state index >= 15 is 0 Å². The van der Waals surface area contributed by atoms with Crippen molar-refractivity contribution in [1.82, 2.24) is 9.80 Å². The van der Waals surface area contributed by atoms with Gasteiger partial charge in [-0.2, -0.15) is 5.26 Å². The van der Waals surface area contributed by atoms with Gasteiger partial charge in [0.1, 0.15) is 11.1 Å². The van der Waals surface area contributed by atoms with E-state index in [2.05, 4.69) is 35.0 Å². The van der Waals surface area contributed by atoms with E-state index in [-0.39, 0.29) is 5.91 Å². The molecule has 0 aromatic carbocycles. The van der Waals surface area contributed by atoms with Crippen molar-refractivity contribution >= 4 is 22.2 Å². The van der Waals surface area contributed by atoms with Crippen LogP contribution in [0.2, 0.25) is 0 Å². The maximum atomic E-state index is 12.5. The molecular weight excluding hydrogens is 344 g/mol. The predicted octanol–water partition coefficient (Wildman–Crippen LogP) is 3.10. The van der Waals surface area contributed by atoms with Crippen molar-refractivity contribution < 1.29 is 4.79 Å². The number of thiophene rings is 1. The average molecular weight is 375 g/mol. The van der Waals surface area contributed by atoms with Gasteiger partial charge < -0.3 is 10.2 Å². The first-order valence-corrected chi connectivity index (χ1v) is 10.7. The van der Waals surface area contributed by atoms with Crippen LogP contribution in [-0.4, -0.2) is 55.0 Å². The molecular formula is C20H30N4OS. The highest BCUT2D eigenvalue weighted by molar-refractivity contribution is 7.16. The summed E-state index contributed by atoms with van der Waals surface area (Å²) in [6.07, 6.45) is 5.55. The van der Waals surface area contributed by atoms with Crippen LogP contribution in [0.25, 0.3) is 0 Å². The summed E-state index contributed by atoms with van der Waals surface area (Å²) in [5, 5.41) is 13.4. The van der Waals surface area contributed by atoms with Crippen molar-refractivity contribution in [3.63, 3.8) is 0 Å². The summed E-state index contributed by atoms with van der Waals surface area (Å²) in [7, 11) is 0. The Kier molecular flexibility index (Phi) is 6.68. The van der Waals surface area contributed by atoms with Gasteiger partial charge in [0, 0.05) is 31.1 Å². The quantitative estimate of drug-likeness (QED) is 0.831. The monoisotopic (exact) mass is 374 g/mol. The number of rotatable bonds is 6. The smallest absolute Gasteiger partial charge is 0.239 e. The Hall–Kier alpha value is -1.42. The Balaban J connectivity index is 1.58. The van der Waals surface area contributed by atoms with Crippen LogP contribution >= 0.6 is 11.3 Å². The van der Waals surface area contributed by atoms with Crippen molar-refractivity contribution in [3.05, 3.63) is 16.0 Å². The zero-order chi connectivity index (χ0) is 18.5. The summed E-state index contributed by atoms with van der Waals surface area (Å²) in [6, 6.07) is 2.34. The zero-order valence-corrected chi connectivity index (χ0v) is 16.8. The van der Waals surface area contributed by atoms with Crippen molar-refractivity contribution in [2.24, 2.45) is 5.92 Å². The highest BCUT2D eigenvalue weighted by Crippen LogP contribution is 2.39. The summed E-state index contributed by atoms with van der Waals surface area (Å²) in [4.78, 5) is 18.5. The van der Waals surface area contributed by atoms with Crippen LogP contribution in [0.15, 0.2) is 0 Å². The van der Waals surface area contributed by atoms with E-state index in [1.165, 1.54) is 23.3 Å². The minimum absolute atomic E-state index is 0.0103. The Morgan fingerprint density at radius 3 is 2.65 bits per heavy atom. The van der Waals surface area contributed by atoms with Gasteiger partial charge in [0.15, 0.2) is 0 Å². The van der Waals surface area contributed by atoms with Gasteiger partial charge in [0.2, 0.25) is 5.91 Å². The number of fused-ring (bicyclic) bond motifs is 1. The maximum absolute atomic E-state index is 12.5. The fraction of sp³-hybridized carbons (Fsp3) is 0.700. The molecule has 0 radical (unpaired) electrons. The number of carbonyl (C=O) groups excluding carboxylic acids is 1. The van der Waals surface area contributed by atoms with Crippen LogP contribution in [0.4, 0.5) is 5.00 Å². The van der Waals surface area contributed by atoms with E-state index < -0.39 is 0 Å². The molecule has 0 spiro atoms. The molecule has 0 saturated carbocycles. The summed E-state index contributed by atoms with van der Waals surface area (Å²) in [5.41, 5.74) is 1.89. The second kappa shape index (κ2) is 8.98. The number of nitriles is 1. The molecule has 5 nitrogen and oxygen atoms in total. The number of carbonyl (C=O) groups is 1. The van der Waals surface area contributed by atoms with Crippen molar-refractivity contribution in [2.75, 3.05) is 44.6 Å². The number of anilines is 1.